The zero-order chi connectivity index (χ0) is 25.4. The SMILES string of the molecule is CC1Cc2nc(NCC(F)F)c(N3CCC(Oc4ccc(F)cc4F)CC3)nc2CN1C(=O)C1CC1. The Morgan fingerprint density at radius 3 is 2.56 bits per heavy atom. The van der Waals surface area contributed by atoms with Crippen molar-refractivity contribution in [3.05, 3.63) is 41.2 Å². The number of fused-ring (bicyclic) bond motifs is 1. The first-order valence-corrected chi connectivity index (χ1v) is 12.4. The number of rotatable bonds is 7. The van der Waals surface area contributed by atoms with E-state index in [2.05, 4.69) is 10.3 Å². The van der Waals surface area contributed by atoms with Crippen LogP contribution >= 0.6 is 0 Å². The number of piperidine rings is 1. The molecule has 5 rings (SSSR count). The lowest BCUT2D eigenvalue weighted by Crippen LogP contribution is -2.45. The maximum absolute atomic E-state index is 14.0. The lowest BCUT2D eigenvalue weighted by atomic mass is 10.0. The van der Waals surface area contributed by atoms with Crippen molar-refractivity contribution >= 4 is 17.5 Å². The second-order valence-electron chi connectivity index (χ2n) is 9.73. The van der Waals surface area contributed by atoms with Crippen molar-refractivity contribution in [2.45, 2.75) is 64.1 Å². The molecule has 1 aromatic carbocycles. The molecule has 0 spiro atoms. The topological polar surface area (TPSA) is 70.6 Å². The quantitative estimate of drug-likeness (QED) is 0.568. The predicted octanol–water partition coefficient (Wildman–Crippen LogP) is 4.16. The first-order valence-electron chi connectivity index (χ1n) is 12.4. The fraction of sp³-hybridized carbons (Fsp3) is 0.560. The molecule has 7 nitrogen and oxygen atoms in total. The minimum Gasteiger partial charge on any atom is -0.487 e. The van der Waals surface area contributed by atoms with E-state index in [-0.39, 0.29) is 29.7 Å². The van der Waals surface area contributed by atoms with E-state index >= 15 is 0 Å². The van der Waals surface area contributed by atoms with Gasteiger partial charge in [-0.25, -0.2) is 27.5 Å². The maximum Gasteiger partial charge on any atom is 0.255 e. The molecular weight excluding hydrogens is 478 g/mol. The summed E-state index contributed by atoms with van der Waals surface area (Å²) in [6.07, 6.45) is 0.592. The van der Waals surface area contributed by atoms with E-state index < -0.39 is 24.6 Å². The molecule has 1 aliphatic carbocycles. The molecule has 2 aromatic rings. The molecular formula is C25H29F4N5O2. The molecule has 36 heavy (non-hydrogen) atoms. The number of hydrogen-bond donors (Lipinski definition) is 1. The number of ether oxygens (including phenoxy) is 1. The molecule has 2 aliphatic heterocycles. The molecule has 0 bridgehead atoms. The minimum atomic E-state index is -2.55. The second kappa shape index (κ2) is 10.1. The Kier molecular flexibility index (Phi) is 6.90. The number of carbonyl (C=O) groups excluding carboxylic acids is 1. The Bertz CT molecular complexity index is 1120. The summed E-state index contributed by atoms with van der Waals surface area (Å²) < 4.78 is 58.9. The van der Waals surface area contributed by atoms with Gasteiger partial charge in [-0.2, -0.15) is 0 Å². The zero-order valence-corrected chi connectivity index (χ0v) is 20.0. The van der Waals surface area contributed by atoms with Crippen LogP contribution in [0.4, 0.5) is 29.2 Å². The third kappa shape index (κ3) is 5.34. The number of nitrogens with one attached hydrogen (secondary N) is 1. The van der Waals surface area contributed by atoms with Crippen molar-refractivity contribution < 1.29 is 27.1 Å². The Morgan fingerprint density at radius 1 is 1.14 bits per heavy atom. The standard InChI is InChI=1S/C25H29F4N5O2/c1-14-10-19-20(13-34(14)25(35)15-2-3-15)32-24(23(31-19)30-12-22(28)29)33-8-6-17(7-9-33)36-21-5-4-16(26)11-18(21)27/h4-5,11,14-15,17,22H,2-3,6-10,12-13H2,1H3,(H,30,31). The van der Waals surface area contributed by atoms with Crippen LogP contribution in [0.15, 0.2) is 18.2 Å². The number of halogens is 4. The van der Waals surface area contributed by atoms with Crippen molar-refractivity contribution in [2.24, 2.45) is 5.92 Å². The van der Waals surface area contributed by atoms with Gasteiger partial charge in [0.2, 0.25) is 5.91 Å². The van der Waals surface area contributed by atoms with Gasteiger partial charge >= 0.3 is 0 Å². The first kappa shape index (κ1) is 24.6. The summed E-state index contributed by atoms with van der Waals surface area (Å²) in [6, 6.07) is 3.17. The minimum absolute atomic E-state index is 0.00254. The van der Waals surface area contributed by atoms with Crippen molar-refractivity contribution in [3.63, 3.8) is 0 Å². The van der Waals surface area contributed by atoms with E-state index in [4.69, 9.17) is 9.72 Å². The van der Waals surface area contributed by atoms with E-state index in [9.17, 15) is 22.4 Å². The van der Waals surface area contributed by atoms with Gasteiger partial charge in [-0.15, -0.1) is 0 Å². The molecule has 1 N–H and O–H groups in total. The van der Waals surface area contributed by atoms with Gasteiger partial charge < -0.3 is 19.9 Å². The Balaban J connectivity index is 1.33. The van der Waals surface area contributed by atoms with E-state index in [1.165, 1.54) is 6.07 Å². The summed E-state index contributed by atoms with van der Waals surface area (Å²) in [4.78, 5) is 26.0. The average molecular weight is 508 g/mol. The fourth-order valence-corrected chi connectivity index (χ4v) is 4.80. The van der Waals surface area contributed by atoms with Crippen LogP contribution in [0.3, 0.4) is 0 Å². The molecule has 1 atom stereocenters. The van der Waals surface area contributed by atoms with Crippen LogP contribution in [0.1, 0.15) is 44.0 Å². The van der Waals surface area contributed by atoms with Crippen LogP contribution in [0, 0.1) is 17.6 Å². The fourth-order valence-electron chi connectivity index (χ4n) is 4.80. The summed E-state index contributed by atoms with van der Waals surface area (Å²) in [5, 5.41) is 2.74. The van der Waals surface area contributed by atoms with Crippen LogP contribution in [-0.4, -0.2) is 59.0 Å². The number of alkyl halides is 2. The van der Waals surface area contributed by atoms with Crippen molar-refractivity contribution in [1.82, 2.24) is 14.9 Å². The van der Waals surface area contributed by atoms with E-state index in [1.807, 2.05) is 16.7 Å². The van der Waals surface area contributed by atoms with E-state index in [1.54, 1.807) is 0 Å². The normalized spacial score (nSPS) is 20.4. The van der Waals surface area contributed by atoms with Crippen LogP contribution in [0.25, 0.3) is 0 Å². The van der Waals surface area contributed by atoms with Gasteiger partial charge in [-0.1, -0.05) is 0 Å². The second-order valence-corrected chi connectivity index (χ2v) is 9.73. The highest BCUT2D eigenvalue weighted by molar-refractivity contribution is 5.81. The van der Waals surface area contributed by atoms with Crippen molar-refractivity contribution in [3.8, 4) is 5.75 Å². The number of nitrogens with zero attached hydrogens (tertiary/aromatic N) is 4. The molecule has 194 valence electrons. The number of amides is 1. The van der Waals surface area contributed by atoms with Crippen LogP contribution in [0.2, 0.25) is 0 Å². The van der Waals surface area contributed by atoms with Gasteiger partial charge in [0.25, 0.3) is 6.43 Å². The summed E-state index contributed by atoms with van der Waals surface area (Å²) in [7, 11) is 0. The van der Waals surface area contributed by atoms with Gasteiger partial charge in [0.1, 0.15) is 11.9 Å². The average Bonchev–Trinajstić information content (AvgIpc) is 3.69. The molecule has 2 fully saturated rings. The summed E-state index contributed by atoms with van der Waals surface area (Å²) in [5.41, 5.74) is 1.40. The number of benzene rings is 1. The van der Waals surface area contributed by atoms with E-state index in [0.717, 1.165) is 25.0 Å². The molecule has 1 saturated heterocycles. The molecule has 1 amide bonds. The van der Waals surface area contributed by atoms with Gasteiger partial charge in [0.15, 0.2) is 23.2 Å². The molecule has 1 saturated carbocycles. The lowest BCUT2D eigenvalue weighted by Gasteiger charge is -2.37. The summed E-state index contributed by atoms with van der Waals surface area (Å²) in [6.45, 7) is 2.76. The largest absolute Gasteiger partial charge is 0.487 e. The van der Waals surface area contributed by atoms with Gasteiger partial charge in [0.05, 0.1) is 24.5 Å². The van der Waals surface area contributed by atoms with Crippen molar-refractivity contribution in [1.29, 1.82) is 0 Å². The highest BCUT2D eigenvalue weighted by Gasteiger charge is 2.38. The lowest BCUT2D eigenvalue weighted by molar-refractivity contribution is -0.135. The molecule has 11 heteroatoms. The van der Waals surface area contributed by atoms with E-state index in [0.29, 0.717) is 61.9 Å². The highest BCUT2D eigenvalue weighted by atomic mass is 19.3. The number of anilines is 2. The number of aromatic nitrogens is 2. The molecule has 1 unspecified atom stereocenters. The van der Waals surface area contributed by atoms with Gasteiger partial charge in [0, 0.05) is 50.4 Å². The summed E-state index contributed by atoms with van der Waals surface area (Å²) in [5.74, 6) is -0.424. The van der Waals surface area contributed by atoms with Gasteiger partial charge in [-0.3, -0.25) is 4.79 Å². The Hall–Kier alpha value is -3.11. The third-order valence-corrected chi connectivity index (χ3v) is 6.94. The summed E-state index contributed by atoms with van der Waals surface area (Å²) >= 11 is 0. The molecule has 3 heterocycles. The van der Waals surface area contributed by atoms with Crippen LogP contribution in [0.5, 0.6) is 5.75 Å². The first-order chi connectivity index (χ1) is 17.3. The number of hydrogen-bond acceptors (Lipinski definition) is 6. The number of carbonyl (C=O) groups is 1. The monoisotopic (exact) mass is 507 g/mol. The molecule has 1 aromatic heterocycles. The molecule has 3 aliphatic rings. The van der Waals surface area contributed by atoms with Crippen molar-refractivity contribution in [2.75, 3.05) is 29.9 Å². The predicted molar refractivity (Wildman–Crippen MR) is 125 cm³/mol. The Morgan fingerprint density at radius 2 is 1.89 bits per heavy atom. The maximum atomic E-state index is 14.0. The smallest absolute Gasteiger partial charge is 0.255 e. The van der Waals surface area contributed by atoms with Gasteiger partial charge in [-0.05, 0) is 31.9 Å². The third-order valence-electron chi connectivity index (χ3n) is 6.94. The highest BCUT2D eigenvalue weighted by Crippen LogP contribution is 2.35. The molecule has 0 radical (unpaired) electrons. The zero-order valence-electron chi connectivity index (χ0n) is 20.0. The van der Waals surface area contributed by atoms with Crippen LogP contribution < -0.4 is 15.0 Å². The Labute approximate surface area is 206 Å². The van der Waals surface area contributed by atoms with Crippen LogP contribution in [-0.2, 0) is 17.8 Å².